The number of nitrogens with one attached hydrogen (secondary N) is 1. The van der Waals surface area contributed by atoms with Crippen LogP contribution in [0.1, 0.15) is 25.0 Å². The molecule has 1 N–H and O–H groups in total. The molecule has 0 spiro atoms. The fraction of sp³-hybridized carbons (Fsp3) is 0.538. The highest BCUT2D eigenvalue weighted by Crippen LogP contribution is 2.26. The molecule has 0 radical (unpaired) electrons. The van der Waals surface area contributed by atoms with Crippen LogP contribution in [0.2, 0.25) is 0 Å². The highest BCUT2D eigenvalue weighted by molar-refractivity contribution is 7.99. The smallest absolute Gasteiger partial charge is 0.215 e. The second-order valence-corrected chi connectivity index (χ2v) is 6.13. The van der Waals surface area contributed by atoms with Crippen LogP contribution in [0, 0.1) is 12.8 Å². The molecule has 2 aromatic heterocycles. The summed E-state index contributed by atoms with van der Waals surface area (Å²) in [6.07, 6.45) is 1.91. The van der Waals surface area contributed by atoms with Crippen molar-refractivity contribution in [1.29, 1.82) is 0 Å². The van der Waals surface area contributed by atoms with Crippen molar-refractivity contribution in [2.45, 2.75) is 37.5 Å². The van der Waals surface area contributed by atoms with Crippen LogP contribution in [0.15, 0.2) is 22.4 Å². The molecule has 0 atom stereocenters. The van der Waals surface area contributed by atoms with E-state index in [1.165, 1.54) is 17.3 Å². The molecule has 7 heteroatoms. The molecule has 0 amide bonds. The highest BCUT2D eigenvalue weighted by atomic mass is 32.2. The van der Waals surface area contributed by atoms with Crippen LogP contribution in [0.5, 0.6) is 0 Å². The molecule has 0 unspecified atom stereocenters. The van der Waals surface area contributed by atoms with E-state index in [0.717, 1.165) is 28.8 Å². The highest BCUT2D eigenvalue weighted by Gasteiger charge is 2.09. The van der Waals surface area contributed by atoms with Gasteiger partial charge in [0.1, 0.15) is 5.03 Å². The fourth-order valence-corrected chi connectivity index (χ4v) is 2.47. The topological polar surface area (TPSA) is 68.5 Å². The van der Waals surface area contributed by atoms with Gasteiger partial charge in [0.05, 0.1) is 0 Å². The SMILES string of the molecule is Cc1cc(CNCC(C)C)cnc1Sc1nnnn1C. The molecule has 2 aromatic rings. The van der Waals surface area contributed by atoms with Crippen LogP contribution in [0.25, 0.3) is 0 Å². The van der Waals surface area contributed by atoms with E-state index < -0.39 is 0 Å². The second kappa shape index (κ2) is 6.81. The van der Waals surface area contributed by atoms with Gasteiger partial charge in [-0.1, -0.05) is 19.9 Å². The van der Waals surface area contributed by atoms with Crippen molar-refractivity contribution < 1.29 is 0 Å². The Morgan fingerprint density at radius 1 is 1.40 bits per heavy atom. The fourth-order valence-electron chi connectivity index (χ4n) is 1.72. The summed E-state index contributed by atoms with van der Waals surface area (Å²) in [7, 11) is 1.82. The number of tetrazole rings is 1. The van der Waals surface area contributed by atoms with E-state index in [9.17, 15) is 0 Å². The summed E-state index contributed by atoms with van der Waals surface area (Å²) in [5, 5.41) is 16.5. The minimum Gasteiger partial charge on any atom is -0.312 e. The molecule has 20 heavy (non-hydrogen) atoms. The Hall–Kier alpha value is -1.47. The molecule has 6 nitrogen and oxygen atoms in total. The van der Waals surface area contributed by atoms with Crippen molar-refractivity contribution in [3.63, 3.8) is 0 Å². The lowest BCUT2D eigenvalue weighted by Crippen LogP contribution is -2.19. The zero-order chi connectivity index (χ0) is 14.5. The number of hydrogen-bond acceptors (Lipinski definition) is 6. The van der Waals surface area contributed by atoms with Crippen molar-refractivity contribution in [2.75, 3.05) is 6.54 Å². The number of hydrogen-bond donors (Lipinski definition) is 1. The third-order valence-corrected chi connectivity index (χ3v) is 3.89. The van der Waals surface area contributed by atoms with E-state index in [1.54, 1.807) is 4.68 Å². The molecule has 0 fully saturated rings. The third kappa shape index (κ3) is 4.01. The summed E-state index contributed by atoms with van der Waals surface area (Å²) in [5.74, 6) is 0.655. The number of aryl methyl sites for hydroxylation is 2. The minimum absolute atomic E-state index is 0.655. The van der Waals surface area contributed by atoms with Crippen LogP contribution >= 0.6 is 11.8 Å². The van der Waals surface area contributed by atoms with Gasteiger partial charge < -0.3 is 5.32 Å². The number of rotatable bonds is 6. The monoisotopic (exact) mass is 292 g/mol. The Bertz CT molecular complexity index is 566. The number of aromatic nitrogens is 5. The molecule has 0 aromatic carbocycles. The van der Waals surface area contributed by atoms with Gasteiger partial charge in [-0.25, -0.2) is 9.67 Å². The molecule has 108 valence electrons. The Morgan fingerprint density at radius 2 is 2.20 bits per heavy atom. The number of pyridine rings is 1. The first-order valence-electron chi connectivity index (χ1n) is 6.62. The molecule has 2 rings (SSSR count). The summed E-state index contributed by atoms with van der Waals surface area (Å²) >= 11 is 1.48. The number of nitrogens with zero attached hydrogens (tertiary/aromatic N) is 5. The van der Waals surface area contributed by atoms with Gasteiger partial charge in [-0.15, -0.1) is 5.10 Å². The molecular formula is C13H20N6S. The van der Waals surface area contributed by atoms with Crippen LogP contribution in [-0.4, -0.2) is 31.7 Å². The maximum atomic E-state index is 4.51. The predicted molar refractivity (Wildman–Crippen MR) is 78.4 cm³/mol. The lowest BCUT2D eigenvalue weighted by atomic mass is 10.2. The first kappa shape index (κ1) is 14.9. The van der Waals surface area contributed by atoms with Gasteiger partial charge in [0.15, 0.2) is 0 Å². The normalized spacial score (nSPS) is 11.2. The maximum absolute atomic E-state index is 4.51. The van der Waals surface area contributed by atoms with Crippen LogP contribution in [0.3, 0.4) is 0 Å². The Labute approximate surface area is 123 Å². The van der Waals surface area contributed by atoms with Gasteiger partial charge >= 0.3 is 0 Å². The Balaban J connectivity index is 2.01. The minimum atomic E-state index is 0.655. The quantitative estimate of drug-likeness (QED) is 0.876. The van der Waals surface area contributed by atoms with Gasteiger partial charge in [-0.2, -0.15) is 0 Å². The van der Waals surface area contributed by atoms with Crippen molar-refractivity contribution in [2.24, 2.45) is 13.0 Å². The molecule has 0 aliphatic heterocycles. The molecule has 0 aliphatic carbocycles. The van der Waals surface area contributed by atoms with E-state index in [2.05, 4.69) is 52.7 Å². The summed E-state index contributed by atoms with van der Waals surface area (Å²) in [6.45, 7) is 8.32. The zero-order valence-corrected chi connectivity index (χ0v) is 13.1. The largest absolute Gasteiger partial charge is 0.312 e. The zero-order valence-electron chi connectivity index (χ0n) is 12.3. The Morgan fingerprint density at radius 3 is 2.80 bits per heavy atom. The van der Waals surface area contributed by atoms with Crippen LogP contribution in [0.4, 0.5) is 0 Å². The Kier molecular flexibility index (Phi) is 5.08. The van der Waals surface area contributed by atoms with Gasteiger partial charge in [-0.3, -0.25) is 0 Å². The van der Waals surface area contributed by atoms with E-state index in [1.807, 2.05) is 13.2 Å². The van der Waals surface area contributed by atoms with Gasteiger partial charge in [0, 0.05) is 19.8 Å². The average molecular weight is 292 g/mol. The van der Waals surface area contributed by atoms with Gasteiger partial charge in [0.25, 0.3) is 0 Å². The standard InChI is InChI=1S/C13H20N6S/c1-9(2)6-14-7-11-5-10(3)12(15-8-11)20-13-16-17-18-19(13)4/h5,8-9,14H,6-7H2,1-4H3. The van der Waals surface area contributed by atoms with E-state index in [0.29, 0.717) is 5.92 Å². The average Bonchev–Trinajstić information content (AvgIpc) is 2.78. The molecule has 0 bridgehead atoms. The van der Waals surface area contributed by atoms with Crippen molar-refractivity contribution in [3.8, 4) is 0 Å². The lowest BCUT2D eigenvalue weighted by molar-refractivity contribution is 0.551. The first-order valence-corrected chi connectivity index (χ1v) is 7.44. The lowest BCUT2D eigenvalue weighted by Gasteiger charge is -2.09. The van der Waals surface area contributed by atoms with E-state index in [-0.39, 0.29) is 0 Å². The summed E-state index contributed by atoms with van der Waals surface area (Å²) in [4.78, 5) is 4.51. The van der Waals surface area contributed by atoms with E-state index >= 15 is 0 Å². The predicted octanol–water partition coefficient (Wildman–Crippen LogP) is 1.81. The molecule has 0 saturated heterocycles. The van der Waals surface area contributed by atoms with Crippen molar-refractivity contribution in [1.82, 2.24) is 30.5 Å². The van der Waals surface area contributed by atoms with Crippen LogP contribution < -0.4 is 5.32 Å². The summed E-state index contributed by atoms with van der Waals surface area (Å²) in [5.41, 5.74) is 2.34. The summed E-state index contributed by atoms with van der Waals surface area (Å²) < 4.78 is 1.64. The second-order valence-electron chi connectivity index (χ2n) is 5.18. The summed E-state index contributed by atoms with van der Waals surface area (Å²) in [6, 6.07) is 2.16. The van der Waals surface area contributed by atoms with Crippen molar-refractivity contribution in [3.05, 3.63) is 23.4 Å². The van der Waals surface area contributed by atoms with Crippen molar-refractivity contribution >= 4 is 11.8 Å². The first-order chi connectivity index (χ1) is 9.56. The van der Waals surface area contributed by atoms with Gasteiger partial charge in [-0.05, 0) is 52.7 Å². The van der Waals surface area contributed by atoms with Gasteiger partial charge in [0.2, 0.25) is 5.16 Å². The maximum Gasteiger partial charge on any atom is 0.215 e. The molecule has 0 saturated carbocycles. The molecule has 0 aliphatic rings. The third-order valence-electron chi connectivity index (χ3n) is 2.74. The van der Waals surface area contributed by atoms with Crippen LogP contribution in [-0.2, 0) is 13.6 Å². The molecular weight excluding hydrogens is 272 g/mol. The molecule has 2 heterocycles. The van der Waals surface area contributed by atoms with E-state index in [4.69, 9.17) is 0 Å².